The zero-order valence-electron chi connectivity index (χ0n) is 14.3. The molecule has 3 heterocycles. The fourth-order valence-electron chi connectivity index (χ4n) is 2.95. The Hall–Kier alpha value is -3.29. The average Bonchev–Trinajstić information content (AvgIpc) is 3.35. The van der Waals surface area contributed by atoms with Gasteiger partial charge in [0, 0.05) is 30.8 Å². The van der Waals surface area contributed by atoms with Gasteiger partial charge in [0.25, 0.3) is 5.91 Å². The number of nitrogens with zero attached hydrogens (tertiary/aromatic N) is 6. The molecule has 1 saturated heterocycles. The van der Waals surface area contributed by atoms with E-state index in [1.54, 1.807) is 23.2 Å². The molecule has 1 aliphatic heterocycles. The number of carbonyl (C=O) groups is 1. The van der Waals surface area contributed by atoms with Crippen molar-refractivity contribution in [3.63, 3.8) is 0 Å². The summed E-state index contributed by atoms with van der Waals surface area (Å²) >= 11 is 0. The summed E-state index contributed by atoms with van der Waals surface area (Å²) in [6.45, 7) is 3.18. The van der Waals surface area contributed by atoms with E-state index in [2.05, 4.69) is 20.5 Å². The molecular formula is C18H18N6O2. The van der Waals surface area contributed by atoms with Gasteiger partial charge in [0.15, 0.2) is 0 Å². The molecule has 0 saturated carbocycles. The highest BCUT2D eigenvalue weighted by molar-refractivity contribution is 5.95. The number of benzene rings is 1. The molecule has 1 unspecified atom stereocenters. The molecule has 3 aromatic rings. The van der Waals surface area contributed by atoms with E-state index in [0.29, 0.717) is 24.5 Å². The van der Waals surface area contributed by atoms with Gasteiger partial charge in [-0.15, -0.1) is 5.10 Å². The van der Waals surface area contributed by atoms with Crippen LogP contribution in [0.25, 0.3) is 5.69 Å². The largest absolute Gasteiger partial charge is 0.472 e. The topological polar surface area (TPSA) is 86.0 Å². The molecule has 1 aromatic carbocycles. The first-order valence-electron chi connectivity index (χ1n) is 8.41. The van der Waals surface area contributed by atoms with E-state index in [-0.39, 0.29) is 12.0 Å². The molecule has 1 atom stereocenters. The minimum absolute atomic E-state index is 0.0251. The summed E-state index contributed by atoms with van der Waals surface area (Å²) in [5.74, 6) is 0.568. The maximum Gasteiger partial charge on any atom is 0.254 e. The van der Waals surface area contributed by atoms with Crippen molar-refractivity contribution in [1.29, 1.82) is 0 Å². The number of pyridine rings is 1. The van der Waals surface area contributed by atoms with Crippen LogP contribution in [0, 0.1) is 6.92 Å². The van der Waals surface area contributed by atoms with Gasteiger partial charge in [-0.25, -0.2) is 9.67 Å². The number of rotatable bonds is 4. The molecule has 1 aliphatic rings. The average molecular weight is 350 g/mol. The standard InChI is InChI=1S/C18H18N6O2/c1-13-5-6-17(19-10-13)26-16-7-8-23(11-16)18(25)14-3-2-4-15(9-14)24-12-20-21-22-24/h2-6,9-10,12,16H,7-8,11H2,1H3. The molecular weight excluding hydrogens is 332 g/mol. The zero-order chi connectivity index (χ0) is 17.9. The lowest BCUT2D eigenvalue weighted by Gasteiger charge is -2.17. The van der Waals surface area contributed by atoms with Crippen molar-refractivity contribution in [1.82, 2.24) is 30.1 Å². The van der Waals surface area contributed by atoms with Gasteiger partial charge in [-0.1, -0.05) is 12.1 Å². The number of tetrazole rings is 1. The van der Waals surface area contributed by atoms with Gasteiger partial charge in [0.05, 0.1) is 12.2 Å². The van der Waals surface area contributed by atoms with Crippen LogP contribution in [0.15, 0.2) is 48.9 Å². The summed E-state index contributed by atoms with van der Waals surface area (Å²) in [6.07, 6.45) is 4.01. The highest BCUT2D eigenvalue weighted by Gasteiger charge is 2.28. The van der Waals surface area contributed by atoms with E-state index in [4.69, 9.17) is 4.74 Å². The number of carbonyl (C=O) groups excluding carboxylic acids is 1. The summed E-state index contributed by atoms with van der Waals surface area (Å²) in [7, 11) is 0. The van der Waals surface area contributed by atoms with E-state index >= 15 is 0 Å². The molecule has 1 amide bonds. The van der Waals surface area contributed by atoms with Crippen molar-refractivity contribution in [2.24, 2.45) is 0 Å². The van der Waals surface area contributed by atoms with Crippen LogP contribution in [-0.4, -0.2) is 55.2 Å². The van der Waals surface area contributed by atoms with Gasteiger partial charge in [-0.05, 0) is 41.1 Å². The van der Waals surface area contributed by atoms with Gasteiger partial charge in [-0.3, -0.25) is 4.79 Å². The Bertz CT molecular complexity index is 894. The van der Waals surface area contributed by atoms with Gasteiger partial charge in [0.2, 0.25) is 5.88 Å². The third kappa shape index (κ3) is 3.39. The van der Waals surface area contributed by atoms with Crippen molar-refractivity contribution >= 4 is 5.91 Å². The Balaban J connectivity index is 1.43. The predicted octanol–water partition coefficient (Wildman–Crippen LogP) is 1.66. The third-order valence-corrected chi connectivity index (χ3v) is 4.31. The second kappa shape index (κ2) is 6.91. The van der Waals surface area contributed by atoms with Crippen LogP contribution >= 0.6 is 0 Å². The summed E-state index contributed by atoms with van der Waals surface area (Å²) < 4.78 is 7.42. The van der Waals surface area contributed by atoms with Crippen molar-refractivity contribution in [2.75, 3.05) is 13.1 Å². The van der Waals surface area contributed by atoms with E-state index < -0.39 is 0 Å². The van der Waals surface area contributed by atoms with Crippen LogP contribution in [0.2, 0.25) is 0 Å². The lowest BCUT2D eigenvalue weighted by molar-refractivity contribution is 0.0771. The maximum atomic E-state index is 12.8. The third-order valence-electron chi connectivity index (χ3n) is 4.31. The second-order valence-electron chi connectivity index (χ2n) is 6.26. The Morgan fingerprint density at radius 2 is 2.19 bits per heavy atom. The minimum atomic E-state index is -0.0446. The predicted molar refractivity (Wildman–Crippen MR) is 93.1 cm³/mol. The lowest BCUT2D eigenvalue weighted by Crippen LogP contribution is -2.31. The molecule has 0 N–H and O–H groups in total. The van der Waals surface area contributed by atoms with Gasteiger partial charge in [0.1, 0.15) is 12.4 Å². The summed E-state index contributed by atoms with van der Waals surface area (Å²) in [5, 5.41) is 11.1. The number of ether oxygens (including phenoxy) is 1. The normalized spacial score (nSPS) is 16.7. The molecule has 0 radical (unpaired) electrons. The Morgan fingerprint density at radius 3 is 2.96 bits per heavy atom. The molecule has 0 spiro atoms. The highest BCUT2D eigenvalue weighted by atomic mass is 16.5. The molecule has 0 bridgehead atoms. The molecule has 132 valence electrons. The molecule has 0 aliphatic carbocycles. The van der Waals surface area contributed by atoms with Crippen LogP contribution in [0.1, 0.15) is 22.3 Å². The van der Waals surface area contributed by atoms with E-state index in [1.165, 1.54) is 11.0 Å². The monoisotopic (exact) mass is 350 g/mol. The number of hydrogen-bond acceptors (Lipinski definition) is 6. The summed E-state index contributed by atoms with van der Waals surface area (Å²) in [4.78, 5) is 18.9. The Labute approximate surface area is 150 Å². The fourth-order valence-corrected chi connectivity index (χ4v) is 2.95. The highest BCUT2D eigenvalue weighted by Crippen LogP contribution is 2.19. The van der Waals surface area contributed by atoms with Crippen LogP contribution < -0.4 is 4.74 Å². The first kappa shape index (κ1) is 16.2. The first-order chi connectivity index (χ1) is 12.7. The van der Waals surface area contributed by atoms with E-state index in [1.807, 2.05) is 31.2 Å². The lowest BCUT2D eigenvalue weighted by atomic mass is 10.2. The smallest absolute Gasteiger partial charge is 0.254 e. The molecule has 4 rings (SSSR count). The maximum absolute atomic E-state index is 12.8. The van der Waals surface area contributed by atoms with Crippen molar-refractivity contribution in [3.05, 3.63) is 60.0 Å². The number of amides is 1. The van der Waals surface area contributed by atoms with Gasteiger partial charge < -0.3 is 9.64 Å². The van der Waals surface area contributed by atoms with Crippen LogP contribution in [0.4, 0.5) is 0 Å². The molecule has 2 aromatic heterocycles. The SMILES string of the molecule is Cc1ccc(OC2CCN(C(=O)c3cccc(-n4cnnn4)c3)C2)nc1. The van der Waals surface area contributed by atoms with Crippen LogP contribution in [-0.2, 0) is 0 Å². The second-order valence-corrected chi connectivity index (χ2v) is 6.26. The number of hydrogen-bond donors (Lipinski definition) is 0. The molecule has 1 fully saturated rings. The summed E-state index contributed by atoms with van der Waals surface area (Å²) in [6, 6.07) is 11.1. The first-order valence-corrected chi connectivity index (χ1v) is 8.41. The Kier molecular flexibility index (Phi) is 4.30. The molecule has 26 heavy (non-hydrogen) atoms. The minimum Gasteiger partial charge on any atom is -0.472 e. The van der Waals surface area contributed by atoms with Crippen LogP contribution in [0.3, 0.4) is 0 Å². The van der Waals surface area contributed by atoms with Crippen molar-refractivity contribution < 1.29 is 9.53 Å². The number of aryl methyl sites for hydroxylation is 1. The molecule has 8 nitrogen and oxygen atoms in total. The van der Waals surface area contributed by atoms with Crippen molar-refractivity contribution in [2.45, 2.75) is 19.4 Å². The van der Waals surface area contributed by atoms with E-state index in [0.717, 1.165) is 17.7 Å². The number of aromatic nitrogens is 5. The zero-order valence-corrected chi connectivity index (χ0v) is 14.3. The van der Waals surface area contributed by atoms with Crippen LogP contribution in [0.5, 0.6) is 5.88 Å². The number of likely N-dealkylation sites (tertiary alicyclic amines) is 1. The van der Waals surface area contributed by atoms with Gasteiger partial charge >= 0.3 is 0 Å². The quantitative estimate of drug-likeness (QED) is 0.711. The van der Waals surface area contributed by atoms with Crippen molar-refractivity contribution in [3.8, 4) is 11.6 Å². The van der Waals surface area contributed by atoms with E-state index in [9.17, 15) is 4.79 Å². The Morgan fingerprint density at radius 1 is 1.27 bits per heavy atom. The molecule has 8 heteroatoms. The summed E-state index contributed by atoms with van der Waals surface area (Å²) in [5.41, 5.74) is 2.44. The van der Waals surface area contributed by atoms with Gasteiger partial charge in [-0.2, -0.15) is 0 Å². The fraction of sp³-hybridized carbons (Fsp3) is 0.278.